The molecule has 0 fully saturated rings. The molecule has 3 nitrogen and oxygen atoms in total. The van der Waals surface area contributed by atoms with Gasteiger partial charge < -0.3 is 10.3 Å². The first kappa shape index (κ1) is 11.7. The standard InChI is InChI=1S/C14H18N2O/c1-9-7-10(14(2,3)4)5-6-11(9)12-8-13(15)16-17-12/h5-8H,1-4H3,(H2,15,16). The van der Waals surface area contributed by atoms with Gasteiger partial charge in [0, 0.05) is 11.6 Å². The zero-order valence-electron chi connectivity index (χ0n) is 10.7. The Morgan fingerprint density at radius 2 is 1.88 bits per heavy atom. The summed E-state index contributed by atoms with van der Waals surface area (Å²) in [5, 5.41) is 3.71. The van der Waals surface area contributed by atoms with Gasteiger partial charge in [-0.2, -0.15) is 0 Å². The molecule has 0 amide bonds. The van der Waals surface area contributed by atoms with E-state index in [4.69, 9.17) is 10.3 Å². The average Bonchev–Trinajstić information content (AvgIpc) is 2.63. The van der Waals surface area contributed by atoms with Crippen LogP contribution in [0, 0.1) is 6.92 Å². The second kappa shape index (κ2) is 3.91. The summed E-state index contributed by atoms with van der Waals surface area (Å²) in [6.07, 6.45) is 0. The molecular formula is C14H18N2O. The molecule has 0 saturated carbocycles. The van der Waals surface area contributed by atoms with Crippen LogP contribution in [-0.4, -0.2) is 5.16 Å². The number of rotatable bonds is 1. The van der Waals surface area contributed by atoms with E-state index in [2.05, 4.69) is 51.1 Å². The Kier molecular flexibility index (Phi) is 2.69. The molecule has 0 aliphatic carbocycles. The molecule has 90 valence electrons. The lowest BCUT2D eigenvalue weighted by Crippen LogP contribution is -2.11. The molecule has 2 rings (SSSR count). The number of hydrogen-bond donors (Lipinski definition) is 1. The maximum atomic E-state index is 5.56. The van der Waals surface area contributed by atoms with E-state index >= 15 is 0 Å². The van der Waals surface area contributed by atoms with Crippen LogP contribution in [0.1, 0.15) is 31.9 Å². The molecule has 3 heteroatoms. The van der Waals surface area contributed by atoms with Gasteiger partial charge in [-0.1, -0.05) is 44.1 Å². The summed E-state index contributed by atoms with van der Waals surface area (Å²) in [6, 6.07) is 8.13. The molecular weight excluding hydrogens is 212 g/mol. The molecule has 2 aromatic rings. The maximum Gasteiger partial charge on any atom is 0.169 e. The lowest BCUT2D eigenvalue weighted by molar-refractivity contribution is 0.435. The Balaban J connectivity index is 2.45. The summed E-state index contributed by atoms with van der Waals surface area (Å²) in [4.78, 5) is 0. The highest BCUT2D eigenvalue weighted by Crippen LogP contribution is 2.29. The first-order valence-corrected chi connectivity index (χ1v) is 5.71. The van der Waals surface area contributed by atoms with Crippen molar-refractivity contribution in [2.75, 3.05) is 5.73 Å². The minimum Gasteiger partial charge on any atom is -0.381 e. The maximum absolute atomic E-state index is 5.56. The molecule has 17 heavy (non-hydrogen) atoms. The van der Waals surface area contributed by atoms with Crippen molar-refractivity contribution >= 4 is 5.82 Å². The van der Waals surface area contributed by atoms with E-state index in [0.717, 1.165) is 11.3 Å². The topological polar surface area (TPSA) is 52.0 Å². The van der Waals surface area contributed by atoms with Crippen molar-refractivity contribution in [2.24, 2.45) is 0 Å². The van der Waals surface area contributed by atoms with Gasteiger partial charge in [-0.15, -0.1) is 0 Å². The number of nitrogen functional groups attached to an aromatic ring is 1. The van der Waals surface area contributed by atoms with Crippen LogP contribution in [0.25, 0.3) is 11.3 Å². The van der Waals surface area contributed by atoms with Crippen molar-refractivity contribution in [3.8, 4) is 11.3 Å². The van der Waals surface area contributed by atoms with E-state index in [1.54, 1.807) is 6.07 Å². The number of aromatic nitrogens is 1. The summed E-state index contributed by atoms with van der Waals surface area (Å²) >= 11 is 0. The number of nitrogens with two attached hydrogens (primary N) is 1. The van der Waals surface area contributed by atoms with Crippen LogP contribution in [0.4, 0.5) is 5.82 Å². The molecule has 0 bridgehead atoms. The molecule has 1 heterocycles. The Morgan fingerprint density at radius 3 is 2.35 bits per heavy atom. The Hall–Kier alpha value is -1.77. The second-order valence-corrected chi connectivity index (χ2v) is 5.40. The van der Waals surface area contributed by atoms with Gasteiger partial charge in [-0.05, 0) is 23.5 Å². The molecule has 0 aliphatic rings. The van der Waals surface area contributed by atoms with Crippen LogP contribution in [0.3, 0.4) is 0 Å². The van der Waals surface area contributed by atoms with Gasteiger partial charge in [-0.3, -0.25) is 0 Å². The molecule has 2 N–H and O–H groups in total. The van der Waals surface area contributed by atoms with Crippen molar-refractivity contribution in [2.45, 2.75) is 33.1 Å². The highest BCUT2D eigenvalue weighted by molar-refractivity contribution is 5.64. The zero-order valence-corrected chi connectivity index (χ0v) is 10.7. The van der Waals surface area contributed by atoms with Crippen LogP contribution in [-0.2, 0) is 5.41 Å². The Labute approximate surface area is 102 Å². The second-order valence-electron chi connectivity index (χ2n) is 5.40. The lowest BCUT2D eigenvalue weighted by atomic mass is 9.85. The van der Waals surface area contributed by atoms with E-state index in [0.29, 0.717) is 5.82 Å². The van der Waals surface area contributed by atoms with Gasteiger partial charge in [0.25, 0.3) is 0 Å². The molecule has 0 spiro atoms. The molecule has 0 aliphatic heterocycles. The van der Waals surface area contributed by atoms with Crippen molar-refractivity contribution in [1.29, 1.82) is 0 Å². The van der Waals surface area contributed by atoms with Crippen molar-refractivity contribution in [3.63, 3.8) is 0 Å². The fourth-order valence-electron chi connectivity index (χ4n) is 1.82. The van der Waals surface area contributed by atoms with E-state index in [-0.39, 0.29) is 5.41 Å². The first-order chi connectivity index (χ1) is 7.88. The SMILES string of the molecule is Cc1cc(C(C)(C)C)ccc1-c1cc(N)no1. The van der Waals surface area contributed by atoms with Gasteiger partial charge in [0.1, 0.15) is 0 Å². The van der Waals surface area contributed by atoms with Crippen molar-refractivity contribution in [1.82, 2.24) is 5.16 Å². The molecule has 0 unspecified atom stereocenters. The highest BCUT2D eigenvalue weighted by Gasteiger charge is 2.15. The highest BCUT2D eigenvalue weighted by atomic mass is 16.5. The number of hydrogen-bond acceptors (Lipinski definition) is 3. The van der Waals surface area contributed by atoms with E-state index in [1.165, 1.54) is 11.1 Å². The van der Waals surface area contributed by atoms with Crippen molar-refractivity contribution in [3.05, 3.63) is 35.4 Å². The molecule has 0 saturated heterocycles. The third-order valence-electron chi connectivity index (χ3n) is 2.89. The van der Waals surface area contributed by atoms with Crippen LogP contribution in [0.5, 0.6) is 0 Å². The van der Waals surface area contributed by atoms with Crippen LogP contribution >= 0.6 is 0 Å². The summed E-state index contributed by atoms with van der Waals surface area (Å²) in [7, 11) is 0. The van der Waals surface area contributed by atoms with Crippen molar-refractivity contribution < 1.29 is 4.52 Å². The third-order valence-corrected chi connectivity index (χ3v) is 2.89. The van der Waals surface area contributed by atoms with Gasteiger partial charge in [0.05, 0.1) is 0 Å². The summed E-state index contributed by atoms with van der Waals surface area (Å²) in [5.41, 5.74) is 9.25. The predicted octanol–water partition coefficient (Wildman–Crippen LogP) is 3.53. The summed E-state index contributed by atoms with van der Waals surface area (Å²) < 4.78 is 5.18. The molecule has 1 aromatic carbocycles. The minimum absolute atomic E-state index is 0.156. The lowest BCUT2D eigenvalue weighted by Gasteiger charge is -2.20. The molecule has 0 radical (unpaired) electrons. The number of nitrogens with zero attached hydrogens (tertiary/aromatic N) is 1. The summed E-state index contributed by atoms with van der Waals surface area (Å²) in [6.45, 7) is 8.68. The quantitative estimate of drug-likeness (QED) is 0.815. The van der Waals surface area contributed by atoms with Crippen LogP contribution < -0.4 is 5.73 Å². The molecule has 0 atom stereocenters. The van der Waals surface area contributed by atoms with E-state index in [9.17, 15) is 0 Å². The monoisotopic (exact) mass is 230 g/mol. The van der Waals surface area contributed by atoms with Gasteiger partial charge in [0.15, 0.2) is 11.6 Å². The van der Waals surface area contributed by atoms with Gasteiger partial charge in [0.2, 0.25) is 0 Å². The van der Waals surface area contributed by atoms with Crippen LogP contribution in [0.15, 0.2) is 28.8 Å². The van der Waals surface area contributed by atoms with Gasteiger partial charge in [-0.25, -0.2) is 0 Å². The number of anilines is 1. The smallest absolute Gasteiger partial charge is 0.169 e. The summed E-state index contributed by atoms with van der Waals surface area (Å²) in [5.74, 6) is 1.14. The fourth-order valence-corrected chi connectivity index (χ4v) is 1.82. The Morgan fingerprint density at radius 1 is 1.18 bits per heavy atom. The Bertz CT molecular complexity index is 535. The largest absolute Gasteiger partial charge is 0.381 e. The normalized spacial score (nSPS) is 11.8. The van der Waals surface area contributed by atoms with E-state index in [1.807, 2.05) is 0 Å². The van der Waals surface area contributed by atoms with Crippen LogP contribution in [0.2, 0.25) is 0 Å². The fraction of sp³-hybridized carbons (Fsp3) is 0.357. The van der Waals surface area contributed by atoms with E-state index < -0.39 is 0 Å². The number of aryl methyl sites for hydroxylation is 1. The molecule has 1 aromatic heterocycles. The average molecular weight is 230 g/mol. The predicted molar refractivity (Wildman–Crippen MR) is 69.8 cm³/mol. The van der Waals surface area contributed by atoms with Gasteiger partial charge >= 0.3 is 0 Å². The minimum atomic E-state index is 0.156. The first-order valence-electron chi connectivity index (χ1n) is 5.71. The third kappa shape index (κ3) is 2.33. The zero-order chi connectivity index (χ0) is 12.6. The number of benzene rings is 1.